The van der Waals surface area contributed by atoms with Gasteiger partial charge in [0.2, 0.25) is 0 Å². The summed E-state index contributed by atoms with van der Waals surface area (Å²) in [7, 11) is 0. The first-order valence-corrected chi connectivity index (χ1v) is 6.34. The molecule has 19 heavy (non-hydrogen) atoms. The standard InChI is InChI=1S/C16H13NO2/c18-15(12-7-9-17-10-8-12)14-6-5-11-3-1-2-4-13(11)16(14)19/h1-4,7-10,14H,5-6H2. The van der Waals surface area contributed by atoms with Crippen LogP contribution in [0, 0.1) is 5.92 Å². The molecule has 0 radical (unpaired) electrons. The zero-order chi connectivity index (χ0) is 13.2. The zero-order valence-electron chi connectivity index (χ0n) is 10.4. The second-order valence-corrected chi connectivity index (χ2v) is 4.71. The molecule has 94 valence electrons. The monoisotopic (exact) mass is 251 g/mol. The maximum Gasteiger partial charge on any atom is 0.173 e. The van der Waals surface area contributed by atoms with Gasteiger partial charge in [-0.3, -0.25) is 14.6 Å². The number of pyridine rings is 1. The van der Waals surface area contributed by atoms with Crippen LogP contribution in [0.15, 0.2) is 48.8 Å². The van der Waals surface area contributed by atoms with E-state index in [4.69, 9.17) is 0 Å². The Morgan fingerprint density at radius 2 is 1.84 bits per heavy atom. The lowest BCUT2D eigenvalue weighted by Crippen LogP contribution is -2.29. The van der Waals surface area contributed by atoms with Crippen LogP contribution in [0.4, 0.5) is 0 Å². The van der Waals surface area contributed by atoms with E-state index < -0.39 is 5.92 Å². The van der Waals surface area contributed by atoms with E-state index in [1.807, 2.05) is 24.3 Å². The predicted molar refractivity (Wildman–Crippen MR) is 71.2 cm³/mol. The molecule has 3 rings (SSSR count). The summed E-state index contributed by atoms with van der Waals surface area (Å²) in [4.78, 5) is 28.7. The van der Waals surface area contributed by atoms with Gasteiger partial charge >= 0.3 is 0 Å². The van der Waals surface area contributed by atoms with E-state index in [2.05, 4.69) is 4.98 Å². The molecule has 1 heterocycles. The molecule has 1 aliphatic rings. The van der Waals surface area contributed by atoms with E-state index in [1.165, 1.54) is 0 Å². The van der Waals surface area contributed by atoms with Crippen molar-refractivity contribution in [1.29, 1.82) is 0 Å². The SMILES string of the molecule is O=C(c1ccncc1)C1CCc2ccccc2C1=O. The average Bonchev–Trinajstić information content (AvgIpc) is 2.48. The summed E-state index contributed by atoms with van der Waals surface area (Å²) >= 11 is 0. The lowest BCUT2D eigenvalue weighted by atomic mass is 9.79. The Morgan fingerprint density at radius 1 is 1.11 bits per heavy atom. The van der Waals surface area contributed by atoms with E-state index in [-0.39, 0.29) is 11.6 Å². The van der Waals surface area contributed by atoms with Gasteiger partial charge in [-0.1, -0.05) is 24.3 Å². The summed E-state index contributed by atoms with van der Waals surface area (Å²) in [6.45, 7) is 0. The van der Waals surface area contributed by atoms with Gasteiger partial charge in [-0.25, -0.2) is 0 Å². The first-order valence-electron chi connectivity index (χ1n) is 6.34. The Morgan fingerprint density at radius 3 is 2.63 bits per heavy atom. The number of rotatable bonds is 2. The Kier molecular flexibility index (Phi) is 2.95. The van der Waals surface area contributed by atoms with Crippen molar-refractivity contribution in [3.05, 3.63) is 65.5 Å². The number of nitrogens with zero attached hydrogens (tertiary/aromatic N) is 1. The van der Waals surface area contributed by atoms with Gasteiger partial charge in [0.05, 0.1) is 5.92 Å². The van der Waals surface area contributed by atoms with Gasteiger partial charge < -0.3 is 0 Å². The first-order chi connectivity index (χ1) is 9.27. The van der Waals surface area contributed by atoms with Crippen molar-refractivity contribution >= 4 is 11.6 Å². The molecule has 0 aliphatic heterocycles. The molecular formula is C16H13NO2. The third-order valence-electron chi connectivity index (χ3n) is 3.58. The van der Waals surface area contributed by atoms with Crippen molar-refractivity contribution in [1.82, 2.24) is 4.98 Å². The van der Waals surface area contributed by atoms with Crippen LogP contribution in [0.25, 0.3) is 0 Å². The fourth-order valence-electron chi connectivity index (χ4n) is 2.56. The number of aromatic nitrogens is 1. The first kappa shape index (κ1) is 11.8. The molecule has 0 saturated carbocycles. The number of ketones is 2. The fourth-order valence-corrected chi connectivity index (χ4v) is 2.56. The second-order valence-electron chi connectivity index (χ2n) is 4.71. The Hall–Kier alpha value is -2.29. The van der Waals surface area contributed by atoms with Crippen molar-refractivity contribution in [2.24, 2.45) is 5.92 Å². The molecule has 0 spiro atoms. The van der Waals surface area contributed by atoms with Gasteiger partial charge in [-0.15, -0.1) is 0 Å². The van der Waals surface area contributed by atoms with Crippen LogP contribution in [-0.2, 0) is 6.42 Å². The quantitative estimate of drug-likeness (QED) is 0.609. The molecule has 0 amide bonds. The summed E-state index contributed by atoms with van der Waals surface area (Å²) in [5.74, 6) is -0.692. The molecule has 1 aliphatic carbocycles. The van der Waals surface area contributed by atoms with E-state index in [0.717, 1.165) is 12.0 Å². The maximum absolute atomic E-state index is 12.4. The largest absolute Gasteiger partial charge is 0.293 e. The number of Topliss-reactive ketones (excluding diaryl/α,β-unsaturated/α-hetero) is 2. The molecule has 1 unspecified atom stereocenters. The topological polar surface area (TPSA) is 47.0 Å². The van der Waals surface area contributed by atoms with Crippen LogP contribution in [-0.4, -0.2) is 16.6 Å². The summed E-state index contributed by atoms with van der Waals surface area (Å²) < 4.78 is 0. The number of benzene rings is 1. The molecule has 3 heteroatoms. The third-order valence-corrected chi connectivity index (χ3v) is 3.58. The summed E-state index contributed by atoms with van der Waals surface area (Å²) in [5.41, 5.74) is 2.31. The van der Waals surface area contributed by atoms with E-state index in [1.54, 1.807) is 24.5 Å². The minimum atomic E-state index is -0.544. The molecule has 0 fully saturated rings. The fraction of sp³-hybridized carbons (Fsp3) is 0.188. The summed E-state index contributed by atoms with van der Waals surface area (Å²) in [5, 5.41) is 0. The Labute approximate surface area is 111 Å². The highest BCUT2D eigenvalue weighted by Crippen LogP contribution is 2.27. The smallest absolute Gasteiger partial charge is 0.173 e. The molecule has 1 atom stereocenters. The van der Waals surface area contributed by atoms with Crippen molar-refractivity contribution in [3.8, 4) is 0 Å². The maximum atomic E-state index is 12.4. The van der Waals surface area contributed by atoms with Crippen LogP contribution in [0.5, 0.6) is 0 Å². The molecule has 1 aromatic carbocycles. The number of fused-ring (bicyclic) bond motifs is 1. The van der Waals surface area contributed by atoms with Crippen molar-refractivity contribution < 1.29 is 9.59 Å². The lowest BCUT2D eigenvalue weighted by Gasteiger charge is -2.22. The number of carbonyl (C=O) groups is 2. The second kappa shape index (κ2) is 4.76. The van der Waals surface area contributed by atoms with Crippen LogP contribution in [0.1, 0.15) is 32.7 Å². The van der Waals surface area contributed by atoms with Crippen LogP contribution < -0.4 is 0 Å². The van der Waals surface area contributed by atoms with Crippen molar-refractivity contribution in [2.75, 3.05) is 0 Å². The van der Waals surface area contributed by atoms with Gasteiger partial charge in [0.15, 0.2) is 11.6 Å². The summed E-state index contributed by atoms with van der Waals surface area (Å²) in [6.07, 6.45) is 4.53. The molecule has 0 saturated heterocycles. The van der Waals surface area contributed by atoms with Gasteiger partial charge in [0.25, 0.3) is 0 Å². The highest BCUT2D eigenvalue weighted by molar-refractivity contribution is 6.17. The zero-order valence-corrected chi connectivity index (χ0v) is 10.4. The van der Waals surface area contributed by atoms with Crippen molar-refractivity contribution in [2.45, 2.75) is 12.8 Å². The molecule has 1 aromatic heterocycles. The van der Waals surface area contributed by atoms with Crippen LogP contribution in [0.3, 0.4) is 0 Å². The van der Waals surface area contributed by atoms with E-state index >= 15 is 0 Å². The highest BCUT2D eigenvalue weighted by Gasteiger charge is 2.32. The minimum Gasteiger partial charge on any atom is -0.293 e. The number of carbonyl (C=O) groups excluding carboxylic acids is 2. The lowest BCUT2D eigenvalue weighted by molar-refractivity contribution is 0.0790. The minimum absolute atomic E-state index is 0.0522. The van der Waals surface area contributed by atoms with Gasteiger partial charge in [0, 0.05) is 23.5 Å². The average molecular weight is 251 g/mol. The highest BCUT2D eigenvalue weighted by atomic mass is 16.2. The third kappa shape index (κ3) is 2.08. The van der Waals surface area contributed by atoms with E-state index in [9.17, 15) is 9.59 Å². The van der Waals surface area contributed by atoms with Gasteiger partial charge in [0.1, 0.15) is 0 Å². The van der Waals surface area contributed by atoms with E-state index in [0.29, 0.717) is 17.5 Å². The molecule has 0 N–H and O–H groups in total. The predicted octanol–water partition coefficient (Wildman–Crippen LogP) is 2.71. The molecule has 2 aromatic rings. The molecule has 3 nitrogen and oxygen atoms in total. The van der Waals surface area contributed by atoms with Gasteiger partial charge in [-0.2, -0.15) is 0 Å². The van der Waals surface area contributed by atoms with Crippen LogP contribution >= 0.6 is 0 Å². The Balaban J connectivity index is 1.93. The van der Waals surface area contributed by atoms with Crippen molar-refractivity contribution in [3.63, 3.8) is 0 Å². The van der Waals surface area contributed by atoms with Crippen LogP contribution in [0.2, 0.25) is 0 Å². The Bertz CT molecular complexity index is 634. The summed E-state index contributed by atoms with van der Waals surface area (Å²) in [6, 6.07) is 10.9. The molecular weight excluding hydrogens is 238 g/mol. The number of hydrogen-bond acceptors (Lipinski definition) is 3. The molecule has 0 bridgehead atoms. The normalized spacial score (nSPS) is 17.9. The number of hydrogen-bond donors (Lipinski definition) is 0. The van der Waals surface area contributed by atoms with Gasteiger partial charge in [-0.05, 0) is 30.5 Å². The number of aryl methyl sites for hydroxylation is 1.